The topological polar surface area (TPSA) is 96.0 Å². The summed E-state index contributed by atoms with van der Waals surface area (Å²) < 4.78 is 5.01. The van der Waals surface area contributed by atoms with Crippen molar-refractivity contribution in [3.05, 3.63) is 65.2 Å². The summed E-state index contributed by atoms with van der Waals surface area (Å²) in [5, 5.41) is 2.67. The van der Waals surface area contributed by atoms with Crippen molar-refractivity contribution in [1.29, 1.82) is 0 Å². The third-order valence-corrected chi connectivity index (χ3v) is 4.84. The number of hydrogen-bond acceptors (Lipinski definition) is 6. The summed E-state index contributed by atoms with van der Waals surface area (Å²) in [6.45, 7) is 1.19. The Morgan fingerprint density at radius 3 is 2.10 bits per heavy atom. The highest BCUT2D eigenvalue weighted by Crippen LogP contribution is 2.24. The summed E-state index contributed by atoms with van der Waals surface area (Å²) in [7, 11) is 3.88. The van der Waals surface area contributed by atoms with Crippen LogP contribution in [0.15, 0.2) is 48.5 Å². The van der Waals surface area contributed by atoms with E-state index in [1.54, 1.807) is 12.1 Å². The second kappa shape index (κ2) is 8.77. The first-order valence-corrected chi connectivity index (χ1v) is 9.46. The zero-order chi connectivity index (χ0) is 21.8. The van der Waals surface area contributed by atoms with Crippen LogP contribution in [-0.2, 0) is 20.9 Å². The Labute approximate surface area is 174 Å². The number of carbonyl (C=O) groups is 4. The molecular formula is C22H23N3O5. The molecule has 0 spiro atoms. The van der Waals surface area contributed by atoms with E-state index in [9.17, 15) is 19.2 Å². The number of rotatable bonds is 7. The van der Waals surface area contributed by atoms with E-state index in [2.05, 4.69) is 5.32 Å². The minimum absolute atomic E-state index is 0.250. The highest BCUT2D eigenvalue weighted by atomic mass is 16.5. The molecule has 0 aromatic heterocycles. The Bertz CT molecular complexity index is 950. The fraction of sp³-hybridized carbons (Fsp3) is 0.273. The van der Waals surface area contributed by atoms with Crippen LogP contribution >= 0.6 is 0 Å². The molecule has 0 saturated carbocycles. The molecular weight excluding hydrogens is 386 g/mol. The summed E-state index contributed by atoms with van der Waals surface area (Å²) >= 11 is 0. The molecule has 3 rings (SSSR count). The van der Waals surface area contributed by atoms with E-state index in [4.69, 9.17) is 4.74 Å². The first-order chi connectivity index (χ1) is 14.3. The molecule has 30 heavy (non-hydrogen) atoms. The van der Waals surface area contributed by atoms with Crippen molar-refractivity contribution in [1.82, 2.24) is 10.2 Å². The average molecular weight is 409 g/mol. The van der Waals surface area contributed by atoms with E-state index < -0.39 is 36.3 Å². The molecule has 156 valence electrons. The van der Waals surface area contributed by atoms with Gasteiger partial charge in [-0.25, -0.2) is 4.79 Å². The molecule has 0 bridgehead atoms. The maximum Gasteiger partial charge on any atom is 0.329 e. The largest absolute Gasteiger partial charge is 0.454 e. The normalized spacial score (nSPS) is 13.6. The van der Waals surface area contributed by atoms with Crippen molar-refractivity contribution in [3.8, 4) is 0 Å². The van der Waals surface area contributed by atoms with E-state index in [0.717, 1.165) is 16.2 Å². The molecule has 3 amide bonds. The average Bonchev–Trinajstić information content (AvgIpc) is 3.00. The molecule has 1 heterocycles. The van der Waals surface area contributed by atoms with Gasteiger partial charge in [0.15, 0.2) is 6.61 Å². The summed E-state index contributed by atoms with van der Waals surface area (Å²) in [6, 6.07) is 12.9. The predicted octanol–water partition coefficient (Wildman–Crippen LogP) is 1.60. The van der Waals surface area contributed by atoms with Crippen molar-refractivity contribution in [2.24, 2.45) is 0 Å². The van der Waals surface area contributed by atoms with E-state index in [-0.39, 0.29) is 17.7 Å². The lowest BCUT2D eigenvalue weighted by molar-refractivity contribution is -0.151. The van der Waals surface area contributed by atoms with Crippen LogP contribution in [0, 0.1) is 0 Å². The van der Waals surface area contributed by atoms with Crippen molar-refractivity contribution < 1.29 is 23.9 Å². The van der Waals surface area contributed by atoms with Crippen LogP contribution in [0.3, 0.4) is 0 Å². The number of hydrogen-bond donors (Lipinski definition) is 1. The van der Waals surface area contributed by atoms with Gasteiger partial charge in [0.25, 0.3) is 17.7 Å². The molecule has 1 N–H and O–H groups in total. The second-order valence-corrected chi connectivity index (χ2v) is 7.15. The molecule has 0 aliphatic carbocycles. The van der Waals surface area contributed by atoms with Gasteiger partial charge in [-0.15, -0.1) is 0 Å². The molecule has 8 heteroatoms. The van der Waals surface area contributed by atoms with E-state index in [0.29, 0.717) is 0 Å². The maximum absolute atomic E-state index is 12.4. The Morgan fingerprint density at radius 2 is 1.57 bits per heavy atom. The first-order valence-electron chi connectivity index (χ1n) is 9.46. The van der Waals surface area contributed by atoms with Crippen molar-refractivity contribution >= 4 is 29.4 Å². The van der Waals surface area contributed by atoms with Crippen LogP contribution in [0.1, 0.15) is 33.2 Å². The fourth-order valence-electron chi connectivity index (χ4n) is 3.09. The number of imide groups is 1. The van der Waals surface area contributed by atoms with Gasteiger partial charge in [-0.05, 0) is 36.8 Å². The van der Waals surface area contributed by atoms with Gasteiger partial charge in [0.1, 0.15) is 6.04 Å². The van der Waals surface area contributed by atoms with Crippen molar-refractivity contribution in [2.45, 2.75) is 19.5 Å². The lowest BCUT2D eigenvalue weighted by Crippen LogP contribution is -2.44. The summed E-state index contributed by atoms with van der Waals surface area (Å²) in [6.07, 6.45) is 0. The van der Waals surface area contributed by atoms with E-state index >= 15 is 0 Å². The maximum atomic E-state index is 12.4. The number of fused-ring (bicyclic) bond motifs is 1. The number of nitrogens with one attached hydrogen (secondary N) is 1. The lowest BCUT2D eigenvalue weighted by atomic mass is 10.1. The van der Waals surface area contributed by atoms with Crippen LogP contribution in [-0.4, -0.2) is 55.3 Å². The number of ether oxygens (including phenoxy) is 1. The molecule has 2 aromatic rings. The predicted molar refractivity (Wildman–Crippen MR) is 110 cm³/mol. The molecule has 0 saturated heterocycles. The fourth-order valence-corrected chi connectivity index (χ4v) is 3.09. The number of carbonyl (C=O) groups excluding carboxylic acids is 4. The van der Waals surface area contributed by atoms with Gasteiger partial charge in [-0.3, -0.25) is 19.3 Å². The number of anilines is 1. The van der Waals surface area contributed by atoms with Crippen LogP contribution in [0.5, 0.6) is 0 Å². The van der Waals surface area contributed by atoms with Crippen LogP contribution < -0.4 is 10.2 Å². The van der Waals surface area contributed by atoms with Gasteiger partial charge in [0.05, 0.1) is 11.1 Å². The van der Waals surface area contributed by atoms with Gasteiger partial charge in [0, 0.05) is 26.3 Å². The first kappa shape index (κ1) is 21.0. The zero-order valence-electron chi connectivity index (χ0n) is 17.0. The summed E-state index contributed by atoms with van der Waals surface area (Å²) in [5.41, 5.74) is 2.45. The minimum Gasteiger partial charge on any atom is -0.454 e. The van der Waals surface area contributed by atoms with Crippen molar-refractivity contribution in [3.63, 3.8) is 0 Å². The summed E-state index contributed by atoms with van der Waals surface area (Å²) in [4.78, 5) is 52.0. The monoisotopic (exact) mass is 409 g/mol. The zero-order valence-corrected chi connectivity index (χ0v) is 17.0. The Hall–Kier alpha value is -3.68. The summed E-state index contributed by atoms with van der Waals surface area (Å²) in [5.74, 6) is -2.40. The third kappa shape index (κ3) is 4.32. The number of esters is 1. The molecule has 0 radical (unpaired) electrons. The number of benzene rings is 2. The Kier molecular flexibility index (Phi) is 6.15. The second-order valence-electron chi connectivity index (χ2n) is 7.15. The molecule has 1 aliphatic heterocycles. The molecule has 1 aliphatic rings. The van der Waals surface area contributed by atoms with Crippen molar-refractivity contribution in [2.75, 3.05) is 25.6 Å². The van der Waals surface area contributed by atoms with Crippen LogP contribution in [0.2, 0.25) is 0 Å². The van der Waals surface area contributed by atoms with Crippen LogP contribution in [0.25, 0.3) is 0 Å². The molecule has 2 aromatic carbocycles. The van der Waals surface area contributed by atoms with E-state index in [1.807, 2.05) is 43.3 Å². The molecule has 8 nitrogen and oxygen atoms in total. The van der Waals surface area contributed by atoms with E-state index in [1.165, 1.54) is 19.1 Å². The standard InChI is InChI=1S/C22H23N3O5/c1-14(25-20(27)17-6-4-5-7-18(17)21(25)28)22(29)30-13-19(26)23-12-15-8-10-16(11-9-15)24(2)3/h4-11,14H,12-13H2,1-3H3,(H,23,26)/t14-/m1/s1. The van der Waals surface area contributed by atoms with Gasteiger partial charge in [-0.1, -0.05) is 24.3 Å². The number of nitrogens with zero attached hydrogens (tertiary/aromatic N) is 2. The SMILES string of the molecule is C[C@H](C(=O)OCC(=O)NCc1ccc(N(C)C)cc1)N1C(=O)c2ccccc2C1=O. The molecule has 0 fully saturated rings. The van der Waals surface area contributed by atoms with Gasteiger partial charge in [0.2, 0.25) is 0 Å². The van der Waals surface area contributed by atoms with Gasteiger partial charge in [-0.2, -0.15) is 0 Å². The Balaban J connectivity index is 1.50. The van der Waals surface area contributed by atoms with Crippen LogP contribution in [0.4, 0.5) is 5.69 Å². The smallest absolute Gasteiger partial charge is 0.329 e. The molecule has 1 atom stereocenters. The van der Waals surface area contributed by atoms with Gasteiger partial charge >= 0.3 is 5.97 Å². The Morgan fingerprint density at radius 1 is 1.00 bits per heavy atom. The number of amides is 3. The lowest BCUT2D eigenvalue weighted by Gasteiger charge is -2.20. The highest BCUT2D eigenvalue weighted by molar-refractivity contribution is 6.22. The molecule has 0 unspecified atom stereocenters. The highest BCUT2D eigenvalue weighted by Gasteiger charge is 2.41. The van der Waals surface area contributed by atoms with Gasteiger partial charge < -0.3 is 15.0 Å². The third-order valence-electron chi connectivity index (χ3n) is 4.84. The quantitative estimate of drug-likeness (QED) is 0.551. The minimum atomic E-state index is -1.14.